The molecule has 0 aliphatic heterocycles. The molecule has 9 heteroatoms. The predicted octanol–water partition coefficient (Wildman–Crippen LogP) is 4.94. The second kappa shape index (κ2) is 8.18. The number of rotatable bonds is 4. The van der Waals surface area contributed by atoms with Gasteiger partial charge in [-0.2, -0.15) is 13.2 Å². The second-order valence-electron chi connectivity index (χ2n) is 5.31. The molecule has 0 heterocycles. The third kappa shape index (κ3) is 5.73. The summed E-state index contributed by atoms with van der Waals surface area (Å²) in [6.07, 6.45) is -6.18. The Morgan fingerprint density at radius 1 is 1.08 bits per heavy atom. The summed E-state index contributed by atoms with van der Waals surface area (Å²) >= 11 is 5.85. The number of halogens is 5. The summed E-state index contributed by atoms with van der Waals surface area (Å²) < 4.78 is 50.4. The lowest BCUT2D eigenvalue weighted by Gasteiger charge is -2.11. The van der Waals surface area contributed by atoms with Gasteiger partial charge >= 0.3 is 12.2 Å². The summed E-state index contributed by atoms with van der Waals surface area (Å²) in [7, 11) is 0. The minimum Gasteiger partial charge on any atom is -0.308 e. The number of carbonyl (C=O) groups excluding carboxylic acids is 2. The first-order valence-electron chi connectivity index (χ1n) is 7.38. The summed E-state index contributed by atoms with van der Waals surface area (Å²) in [5.74, 6) is -1.57. The number of urea groups is 1. The lowest BCUT2D eigenvalue weighted by atomic mass is 10.1. The maximum Gasteiger partial charge on any atom is 0.389 e. The Morgan fingerprint density at radius 2 is 1.77 bits per heavy atom. The minimum atomic E-state index is -4.42. The van der Waals surface area contributed by atoms with Gasteiger partial charge in [-0.25, -0.2) is 9.18 Å². The number of hydrogen-bond donors (Lipinski definition) is 2. The zero-order chi connectivity index (χ0) is 19.3. The summed E-state index contributed by atoms with van der Waals surface area (Å²) in [6.45, 7) is 0. The SMILES string of the molecule is O=C(NC(=O)c1ccccc1Cl)Nc1ccc(F)c(CCC(F)(F)F)c1. The molecular weight excluding hydrogens is 376 g/mol. The molecule has 3 amide bonds. The molecule has 138 valence electrons. The van der Waals surface area contributed by atoms with Gasteiger partial charge < -0.3 is 5.32 Å². The fraction of sp³-hybridized carbons (Fsp3) is 0.176. The van der Waals surface area contributed by atoms with Crippen molar-refractivity contribution in [1.29, 1.82) is 0 Å². The quantitative estimate of drug-likeness (QED) is 0.729. The Kier molecular flexibility index (Phi) is 6.20. The molecular formula is C17H13ClF4N2O2. The number of carbonyl (C=O) groups is 2. The van der Waals surface area contributed by atoms with Crippen molar-refractivity contribution in [3.8, 4) is 0 Å². The normalized spacial score (nSPS) is 11.1. The molecule has 0 aromatic heterocycles. The first-order chi connectivity index (χ1) is 12.2. The summed E-state index contributed by atoms with van der Waals surface area (Å²) in [5.41, 5.74) is -0.0696. The molecule has 0 unspecified atom stereocenters. The summed E-state index contributed by atoms with van der Waals surface area (Å²) in [4.78, 5) is 23.8. The molecule has 0 spiro atoms. The van der Waals surface area contributed by atoms with Gasteiger partial charge in [-0.05, 0) is 42.3 Å². The topological polar surface area (TPSA) is 58.2 Å². The molecule has 0 fully saturated rings. The van der Waals surface area contributed by atoms with Gasteiger partial charge in [0.2, 0.25) is 0 Å². The van der Waals surface area contributed by atoms with Crippen LogP contribution in [0.25, 0.3) is 0 Å². The Morgan fingerprint density at radius 3 is 2.42 bits per heavy atom. The average molecular weight is 389 g/mol. The third-order valence-electron chi connectivity index (χ3n) is 3.33. The van der Waals surface area contributed by atoms with Gasteiger partial charge in [0.05, 0.1) is 10.6 Å². The van der Waals surface area contributed by atoms with Crippen molar-refractivity contribution in [2.45, 2.75) is 19.0 Å². The number of imide groups is 1. The molecule has 0 aliphatic rings. The molecule has 0 radical (unpaired) electrons. The van der Waals surface area contributed by atoms with Crippen LogP contribution in [0.3, 0.4) is 0 Å². The number of aryl methyl sites for hydroxylation is 1. The first-order valence-corrected chi connectivity index (χ1v) is 7.75. The van der Waals surface area contributed by atoms with Crippen LogP contribution in [0.2, 0.25) is 5.02 Å². The van der Waals surface area contributed by atoms with Gasteiger partial charge in [-0.3, -0.25) is 10.1 Å². The largest absolute Gasteiger partial charge is 0.389 e. The van der Waals surface area contributed by atoms with E-state index in [1.807, 2.05) is 5.32 Å². The van der Waals surface area contributed by atoms with Gasteiger partial charge in [-0.1, -0.05) is 23.7 Å². The molecule has 4 nitrogen and oxygen atoms in total. The van der Waals surface area contributed by atoms with Crippen LogP contribution in [-0.2, 0) is 6.42 Å². The molecule has 2 aromatic rings. The smallest absolute Gasteiger partial charge is 0.308 e. The van der Waals surface area contributed by atoms with E-state index in [0.717, 1.165) is 12.1 Å². The Labute approximate surface area is 151 Å². The molecule has 0 saturated heterocycles. The molecule has 2 rings (SSSR count). The summed E-state index contributed by atoms with van der Waals surface area (Å²) in [6, 6.07) is 8.33. The summed E-state index contributed by atoms with van der Waals surface area (Å²) in [5, 5.41) is 4.44. The van der Waals surface area contributed by atoms with Gasteiger partial charge in [0.15, 0.2) is 0 Å². The van der Waals surface area contributed by atoms with Crippen LogP contribution in [0.1, 0.15) is 22.3 Å². The Balaban J connectivity index is 2.02. The predicted molar refractivity (Wildman–Crippen MR) is 88.7 cm³/mol. The molecule has 2 aromatic carbocycles. The standard InChI is InChI=1S/C17H13ClF4N2O2/c18-13-4-2-1-3-12(13)15(25)24-16(26)23-11-5-6-14(19)10(9-11)7-8-17(20,21)22/h1-6,9H,7-8H2,(H2,23,24,25,26). The molecule has 26 heavy (non-hydrogen) atoms. The van der Waals surface area contributed by atoms with Crippen LogP contribution < -0.4 is 10.6 Å². The minimum absolute atomic E-state index is 0.0491. The van der Waals surface area contributed by atoms with Crippen molar-refractivity contribution in [3.05, 3.63) is 64.4 Å². The maximum absolute atomic E-state index is 13.6. The molecule has 2 N–H and O–H groups in total. The van der Waals surface area contributed by atoms with E-state index >= 15 is 0 Å². The van der Waals surface area contributed by atoms with E-state index in [2.05, 4.69) is 5.32 Å². The maximum atomic E-state index is 13.6. The van der Waals surface area contributed by atoms with Crippen LogP contribution in [0.4, 0.5) is 28.0 Å². The number of amides is 3. The van der Waals surface area contributed by atoms with Crippen LogP contribution in [-0.4, -0.2) is 18.1 Å². The van der Waals surface area contributed by atoms with E-state index in [9.17, 15) is 27.2 Å². The van der Waals surface area contributed by atoms with Gasteiger partial charge in [0.1, 0.15) is 5.82 Å². The van der Waals surface area contributed by atoms with Crippen molar-refractivity contribution >= 4 is 29.2 Å². The van der Waals surface area contributed by atoms with E-state index in [1.54, 1.807) is 12.1 Å². The van der Waals surface area contributed by atoms with Crippen LogP contribution >= 0.6 is 11.6 Å². The Hall–Kier alpha value is -2.61. The highest BCUT2D eigenvalue weighted by Gasteiger charge is 2.27. The van der Waals surface area contributed by atoms with E-state index in [0.29, 0.717) is 0 Å². The van der Waals surface area contributed by atoms with Crippen LogP contribution in [0, 0.1) is 5.82 Å². The van der Waals surface area contributed by atoms with Crippen molar-refractivity contribution in [1.82, 2.24) is 5.32 Å². The molecule has 0 atom stereocenters. The van der Waals surface area contributed by atoms with Gasteiger partial charge in [-0.15, -0.1) is 0 Å². The number of benzene rings is 2. The van der Waals surface area contributed by atoms with E-state index < -0.39 is 36.8 Å². The Bertz CT molecular complexity index is 825. The lowest BCUT2D eigenvalue weighted by Crippen LogP contribution is -2.34. The fourth-order valence-corrected chi connectivity index (χ4v) is 2.32. The van der Waals surface area contributed by atoms with Crippen molar-refractivity contribution in [2.24, 2.45) is 0 Å². The van der Waals surface area contributed by atoms with E-state index in [1.165, 1.54) is 18.2 Å². The van der Waals surface area contributed by atoms with Crippen LogP contribution in [0.15, 0.2) is 42.5 Å². The fourth-order valence-electron chi connectivity index (χ4n) is 2.10. The van der Waals surface area contributed by atoms with Crippen molar-refractivity contribution in [3.63, 3.8) is 0 Å². The van der Waals surface area contributed by atoms with Crippen molar-refractivity contribution < 1.29 is 27.2 Å². The lowest BCUT2D eigenvalue weighted by molar-refractivity contribution is -0.134. The monoisotopic (exact) mass is 388 g/mol. The number of anilines is 1. The first kappa shape index (κ1) is 19.7. The highest BCUT2D eigenvalue weighted by atomic mass is 35.5. The number of hydrogen-bond acceptors (Lipinski definition) is 2. The number of alkyl halides is 3. The van der Waals surface area contributed by atoms with E-state index in [-0.39, 0.29) is 21.8 Å². The zero-order valence-corrected chi connectivity index (χ0v) is 13.9. The van der Waals surface area contributed by atoms with Gasteiger partial charge in [0, 0.05) is 12.1 Å². The van der Waals surface area contributed by atoms with Gasteiger partial charge in [0.25, 0.3) is 5.91 Å². The second-order valence-corrected chi connectivity index (χ2v) is 5.72. The molecule has 0 aliphatic carbocycles. The molecule has 0 bridgehead atoms. The van der Waals surface area contributed by atoms with E-state index in [4.69, 9.17) is 11.6 Å². The molecule has 0 saturated carbocycles. The average Bonchev–Trinajstić information content (AvgIpc) is 2.54. The number of nitrogens with one attached hydrogen (secondary N) is 2. The van der Waals surface area contributed by atoms with Crippen molar-refractivity contribution in [2.75, 3.05) is 5.32 Å². The zero-order valence-electron chi connectivity index (χ0n) is 13.2. The highest BCUT2D eigenvalue weighted by Crippen LogP contribution is 2.24. The highest BCUT2D eigenvalue weighted by molar-refractivity contribution is 6.34. The third-order valence-corrected chi connectivity index (χ3v) is 3.66. The van der Waals surface area contributed by atoms with Crippen LogP contribution in [0.5, 0.6) is 0 Å².